The van der Waals surface area contributed by atoms with Crippen LogP contribution in [0.5, 0.6) is 5.75 Å². The molecule has 18 heavy (non-hydrogen) atoms. The molecule has 2 rings (SSSR count). The summed E-state index contributed by atoms with van der Waals surface area (Å²) < 4.78 is 10.2. The van der Waals surface area contributed by atoms with Gasteiger partial charge in [0.15, 0.2) is 6.10 Å². The standard InChI is InChI=1S/C13H17NO4/c1-17-12(16)11(15)13(7-14)6-9-4-2-3-5-10(9)18-8-13/h2-5,11,15H,6-8,14H2,1H3. The van der Waals surface area contributed by atoms with Crippen LogP contribution in [0.15, 0.2) is 24.3 Å². The number of benzene rings is 1. The molecule has 0 aromatic heterocycles. The number of hydrogen-bond acceptors (Lipinski definition) is 5. The number of carbonyl (C=O) groups is 1. The minimum Gasteiger partial charge on any atom is -0.493 e. The molecule has 2 atom stereocenters. The molecule has 2 unspecified atom stereocenters. The minimum atomic E-state index is -1.28. The van der Waals surface area contributed by atoms with Gasteiger partial charge in [0.2, 0.25) is 0 Å². The molecule has 0 aliphatic carbocycles. The molecule has 5 nitrogen and oxygen atoms in total. The van der Waals surface area contributed by atoms with E-state index in [0.29, 0.717) is 6.42 Å². The van der Waals surface area contributed by atoms with Crippen LogP contribution in [0.25, 0.3) is 0 Å². The fourth-order valence-corrected chi connectivity index (χ4v) is 2.22. The smallest absolute Gasteiger partial charge is 0.335 e. The summed E-state index contributed by atoms with van der Waals surface area (Å²) >= 11 is 0. The third-order valence-corrected chi connectivity index (χ3v) is 3.44. The van der Waals surface area contributed by atoms with Gasteiger partial charge < -0.3 is 20.3 Å². The lowest BCUT2D eigenvalue weighted by Gasteiger charge is -2.39. The predicted molar refractivity (Wildman–Crippen MR) is 65.2 cm³/mol. The van der Waals surface area contributed by atoms with Crippen molar-refractivity contribution in [1.82, 2.24) is 0 Å². The van der Waals surface area contributed by atoms with Crippen molar-refractivity contribution in [3.05, 3.63) is 29.8 Å². The Labute approximate surface area is 106 Å². The molecule has 0 bridgehead atoms. The van der Waals surface area contributed by atoms with Crippen molar-refractivity contribution in [2.24, 2.45) is 11.1 Å². The minimum absolute atomic E-state index is 0.150. The van der Waals surface area contributed by atoms with Crippen LogP contribution in [0.2, 0.25) is 0 Å². The van der Waals surface area contributed by atoms with Gasteiger partial charge in [-0.3, -0.25) is 0 Å². The highest BCUT2D eigenvalue weighted by atomic mass is 16.5. The Morgan fingerprint density at radius 2 is 2.33 bits per heavy atom. The first-order valence-corrected chi connectivity index (χ1v) is 5.79. The zero-order valence-electron chi connectivity index (χ0n) is 10.3. The van der Waals surface area contributed by atoms with Crippen LogP contribution >= 0.6 is 0 Å². The van der Waals surface area contributed by atoms with Crippen molar-refractivity contribution in [3.8, 4) is 5.75 Å². The maximum atomic E-state index is 11.5. The van der Waals surface area contributed by atoms with Gasteiger partial charge in [-0.25, -0.2) is 4.79 Å². The first-order chi connectivity index (χ1) is 8.63. The van der Waals surface area contributed by atoms with Crippen LogP contribution in [0.3, 0.4) is 0 Å². The zero-order chi connectivity index (χ0) is 13.2. The number of ether oxygens (including phenoxy) is 2. The maximum absolute atomic E-state index is 11.5. The third-order valence-electron chi connectivity index (χ3n) is 3.44. The largest absolute Gasteiger partial charge is 0.493 e. The van der Waals surface area contributed by atoms with Gasteiger partial charge in [0.1, 0.15) is 5.75 Å². The Hall–Kier alpha value is -1.59. The quantitative estimate of drug-likeness (QED) is 0.745. The lowest BCUT2D eigenvalue weighted by molar-refractivity contribution is -0.160. The van der Waals surface area contributed by atoms with Gasteiger partial charge in [0.25, 0.3) is 0 Å². The van der Waals surface area contributed by atoms with Crippen molar-refractivity contribution in [1.29, 1.82) is 0 Å². The van der Waals surface area contributed by atoms with Crippen molar-refractivity contribution in [3.63, 3.8) is 0 Å². The molecule has 0 fully saturated rings. The van der Waals surface area contributed by atoms with Crippen LogP contribution in [0.1, 0.15) is 5.56 Å². The fourth-order valence-electron chi connectivity index (χ4n) is 2.22. The highest BCUT2D eigenvalue weighted by Gasteiger charge is 2.45. The molecule has 5 heteroatoms. The van der Waals surface area contributed by atoms with E-state index in [2.05, 4.69) is 4.74 Å². The van der Waals surface area contributed by atoms with E-state index in [9.17, 15) is 9.90 Å². The first-order valence-electron chi connectivity index (χ1n) is 5.79. The Balaban J connectivity index is 2.29. The Morgan fingerprint density at radius 1 is 1.61 bits per heavy atom. The van der Waals surface area contributed by atoms with Crippen molar-refractivity contribution in [2.75, 3.05) is 20.3 Å². The summed E-state index contributed by atoms with van der Waals surface area (Å²) in [7, 11) is 1.24. The van der Waals surface area contributed by atoms with Crippen LogP contribution in [0, 0.1) is 5.41 Å². The summed E-state index contributed by atoms with van der Waals surface area (Å²) in [5.41, 5.74) is 5.86. The van der Waals surface area contributed by atoms with Gasteiger partial charge >= 0.3 is 5.97 Å². The topological polar surface area (TPSA) is 81.8 Å². The number of fused-ring (bicyclic) bond motifs is 1. The monoisotopic (exact) mass is 251 g/mol. The number of hydrogen-bond donors (Lipinski definition) is 2. The molecular formula is C13H17NO4. The SMILES string of the molecule is COC(=O)C(O)C1(CN)COc2ccccc2C1. The van der Waals surface area contributed by atoms with Gasteiger partial charge in [-0.1, -0.05) is 18.2 Å². The molecule has 1 aromatic carbocycles. The number of nitrogens with two attached hydrogens (primary N) is 1. The van der Waals surface area contributed by atoms with E-state index in [1.54, 1.807) is 0 Å². The molecule has 0 spiro atoms. The molecule has 1 heterocycles. The first kappa shape index (κ1) is 12.9. The molecule has 0 saturated carbocycles. The number of aliphatic hydroxyl groups is 1. The highest BCUT2D eigenvalue weighted by Crippen LogP contribution is 2.36. The Bertz CT molecular complexity index is 448. The fraction of sp³-hybridized carbons (Fsp3) is 0.462. The molecule has 0 amide bonds. The lowest BCUT2D eigenvalue weighted by Crippen LogP contribution is -2.53. The van der Waals surface area contributed by atoms with Crippen molar-refractivity contribution < 1.29 is 19.4 Å². The average molecular weight is 251 g/mol. The second-order valence-electron chi connectivity index (χ2n) is 4.57. The number of esters is 1. The van der Waals surface area contributed by atoms with Gasteiger partial charge in [-0.05, 0) is 18.1 Å². The number of rotatable bonds is 3. The molecular weight excluding hydrogens is 234 g/mol. The van der Waals surface area contributed by atoms with E-state index in [-0.39, 0.29) is 13.2 Å². The van der Waals surface area contributed by atoms with Crippen LogP contribution in [-0.4, -0.2) is 37.4 Å². The van der Waals surface area contributed by atoms with E-state index in [4.69, 9.17) is 10.5 Å². The molecule has 3 N–H and O–H groups in total. The Morgan fingerprint density at radius 3 is 3.00 bits per heavy atom. The Kier molecular flexibility index (Phi) is 3.54. The van der Waals surface area contributed by atoms with E-state index < -0.39 is 17.5 Å². The average Bonchev–Trinajstić information content (AvgIpc) is 2.45. The maximum Gasteiger partial charge on any atom is 0.335 e. The van der Waals surface area contributed by atoms with Crippen molar-refractivity contribution >= 4 is 5.97 Å². The van der Waals surface area contributed by atoms with E-state index in [1.165, 1.54) is 7.11 Å². The summed E-state index contributed by atoms with van der Waals surface area (Å²) in [5, 5.41) is 10.1. The van der Waals surface area contributed by atoms with Gasteiger partial charge in [-0.2, -0.15) is 0 Å². The summed E-state index contributed by atoms with van der Waals surface area (Å²) in [4.78, 5) is 11.5. The van der Waals surface area contributed by atoms with Gasteiger partial charge in [0, 0.05) is 6.54 Å². The molecule has 0 radical (unpaired) electrons. The van der Waals surface area contributed by atoms with E-state index in [1.807, 2.05) is 24.3 Å². The van der Waals surface area contributed by atoms with Crippen LogP contribution < -0.4 is 10.5 Å². The summed E-state index contributed by atoms with van der Waals surface area (Å²) in [5.74, 6) is 0.0991. The molecule has 1 aromatic rings. The molecule has 1 aliphatic rings. The van der Waals surface area contributed by atoms with Crippen LogP contribution in [0.4, 0.5) is 0 Å². The molecule has 1 aliphatic heterocycles. The second kappa shape index (κ2) is 4.96. The number of para-hydroxylation sites is 1. The number of aliphatic hydroxyl groups excluding tert-OH is 1. The third kappa shape index (κ3) is 2.07. The van der Waals surface area contributed by atoms with Crippen LogP contribution in [-0.2, 0) is 16.0 Å². The summed E-state index contributed by atoms with van der Waals surface area (Å²) in [6.45, 7) is 0.356. The van der Waals surface area contributed by atoms with E-state index in [0.717, 1.165) is 11.3 Å². The second-order valence-corrected chi connectivity index (χ2v) is 4.57. The van der Waals surface area contributed by atoms with Gasteiger partial charge in [-0.15, -0.1) is 0 Å². The highest BCUT2D eigenvalue weighted by molar-refractivity contribution is 5.75. The molecule has 98 valence electrons. The lowest BCUT2D eigenvalue weighted by atomic mass is 9.75. The normalized spacial score (nSPS) is 23.7. The van der Waals surface area contributed by atoms with Gasteiger partial charge in [0.05, 0.1) is 19.1 Å². The molecule has 0 saturated heterocycles. The summed E-state index contributed by atoms with van der Waals surface area (Å²) in [6, 6.07) is 7.54. The van der Waals surface area contributed by atoms with Crippen molar-refractivity contribution in [2.45, 2.75) is 12.5 Å². The van der Waals surface area contributed by atoms with E-state index >= 15 is 0 Å². The summed E-state index contributed by atoms with van der Waals surface area (Å²) in [6.07, 6.45) is -0.781. The number of methoxy groups -OCH3 is 1. The predicted octanol–water partition coefficient (Wildman–Crippen LogP) is 0.100. The number of carbonyl (C=O) groups excluding carboxylic acids is 1. The zero-order valence-corrected chi connectivity index (χ0v) is 10.3.